The Morgan fingerprint density at radius 1 is 0.971 bits per heavy atom. The van der Waals surface area contributed by atoms with Crippen LogP contribution in [0.4, 0.5) is 22.8 Å². The van der Waals surface area contributed by atoms with Crippen molar-refractivity contribution >= 4 is 36.0 Å². The number of unbranched alkanes of at least 4 members (excludes halogenated alkanes) is 1. The van der Waals surface area contributed by atoms with Gasteiger partial charge in [0.25, 0.3) is 0 Å². The summed E-state index contributed by atoms with van der Waals surface area (Å²) in [6.45, 7) is 4.25. The molecule has 14 nitrogen and oxygen atoms in total. The van der Waals surface area contributed by atoms with Gasteiger partial charge in [-0.1, -0.05) is 0 Å². The van der Waals surface area contributed by atoms with Crippen LogP contribution in [0.15, 0.2) is 4.99 Å². The molecule has 0 bridgehead atoms. The maximum absolute atomic E-state index is 11.6. The van der Waals surface area contributed by atoms with E-state index in [-0.39, 0.29) is 44.5 Å². The molecule has 0 aliphatic carbocycles. The van der Waals surface area contributed by atoms with Gasteiger partial charge >= 0.3 is 30.3 Å². The van der Waals surface area contributed by atoms with Crippen molar-refractivity contribution in [3.8, 4) is 0 Å². The van der Waals surface area contributed by atoms with Crippen molar-refractivity contribution < 1.29 is 56.8 Å². The highest BCUT2D eigenvalue weighted by atomic mass is 19.4. The first-order valence-electron chi connectivity index (χ1n) is 10.2. The monoisotopic (exact) mass is 517 g/mol. The molecule has 0 aromatic rings. The van der Waals surface area contributed by atoms with Gasteiger partial charge in [-0.05, 0) is 33.1 Å². The predicted molar refractivity (Wildman–Crippen MR) is 113 cm³/mol. The Balaban J connectivity index is 0. The van der Waals surface area contributed by atoms with Crippen LogP contribution >= 0.6 is 0 Å². The van der Waals surface area contributed by atoms with Gasteiger partial charge in [-0.2, -0.15) is 13.2 Å². The highest BCUT2D eigenvalue weighted by Crippen LogP contribution is 2.13. The van der Waals surface area contributed by atoms with Crippen molar-refractivity contribution in [1.82, 2.24) is 16.0 Å². The number of nitrogens with two attached hydrogens (primary N) is 1. The van der Waals surface area contributed by atoms with E-state index in [9.17, 15) is 32.3 Å². The number of carboxylic acid groups (broad SMARTS) is 2. The van der Waals surface area contributed by atoms with E-state index in [2.05, 4.69) is 20.9 Å². The van der Waals surface area contributed by atoms with E-state index in [4.69, 9.17) is 30.2 Å². The number of hydrogen-bond donors (Lipinski definition) is 6. The van der Waals surface area contributed by atoms with E-state index in [0.717, 1.165) is 0 Å². The van der Waals surface area contributed by atoms with Crippen LogP contribution in [-0.4, -0.2) is 84.7 Å². The van der Waals surface area contributed by atoms with E-state index < -0.39 is 36.3 Å². The fraction of sp³-hybridized carbons (Fsp3) is 0.667. The number of carbonyl (C=O) groups is 5. The summed E-state index contributed by atoms with van der Waals surface area (Å²) < 4.78 is 41.2. The SMILES string of the molecule is CCOC(=O)NC(=NCCCCNC(=O)CCC(N)C(=O)O)NC(=O)OCC.O=C(O)C(F)(F)F. The molecule has 0 spiro atoms. The number of amides is 3. The number of aliphatic carboxylic acids is 2. The molecule has 0 heterocycles. The standard InChI is InChI=1S/C16H29N5O7.C2HF3O2/c1-3-27-15(25)20-14(21-16(26)28-4-2)19-10-6-5-9-18-12(22)8-7-11(17)13(23)24;3-2(4,5)1(6)7/h11H,3-10,17H2,1-2H3,(H,18,22)(H,23,24)(H2,19,20,21,25,26);(H,6,7). The van der Waals surface area contributed by atoms with Crippen molar-refractivity contribution in [2.75, 3.05) is 26.3 Å². The highest BCUT2D eigenvalue weighted by molar-refractivity contribution is 6.01. The van der Waals surface area contributed by atoms with Gasteiger partial charge in [-0.15, -0.1) is 0 Å². The number of nitrogens with one attached hydrogen (secondary N) is 3. The van der Waals surface area contributed by atoms with Gasteiger partial charge in [0.05, 0.1) is 13.2 Å². The Labute approximate surface area is 198 Å². The highest BCUT2D eigenvalue weighted by Gasteiger charge is 2.38. The van der Waals surface area contributed by atoms with E-state index in [1.165, 1.54) is 0 Å². The number of guanidine groups is 1. The molecule has 0 fully saturated rings. The predicted octanol–water partition coefficient (Wildman–Crippen LogP) is 0.556. The lowest BCUT2D eigenvalue weighted by Gasteiger charge is -2.10. The quantitative estimate of drug-likeness (QED) is 0.127. The lowest BCUT2D eigenvalue weighted by Crippen LogP contribution is -2.44. The number of alkyl carbamates (subject to hydrolysis) is 2. The topological polar surface area (TPSA) is 219 Å². The van der Waals surface area contributed by atoms with Gasteiger partial charge in [-0.25, -0.2) is 14.4 Å². The minimum atomic E-state index is -5.08. The third-order valence-electron chi connectivity index (χ3n) is 3.41. The molecule has 202 valence electrons. The zero-order chi connectivity index (χ0) is 27.4. The number of alkyl halides is 3. The summed E-state index contributed by atoms with van der Waals surface area (Å²) in [6, 6.07) is -1.06. The summed E-state index contributed by atoms with van der Waals surface area (Å²) in [5.74, 6) is -4.28. The van der Waals surface area contributed by atoms with Crippen molar-refractivity contribution in [2.24, 2.45) is 10.7 Å². The fourth-order valence-electron chi connectivity index (χ4n) is 1.79. The molecule has 0 rings (SSSR count). The van der Waals surface area contributed by atoms with Crippen LogP contribution in [0.25, 0.3) is 0 Å². The zero-order valence-corrected chi connectivity index (χ0v) is 19.1. The van der Waals surface area contributed by atoms with Crippen LogP contribution in [0.1, 0.15) is 39.5 Å². The third-order valence-corrected chi connectivity index (χ3v) is 3.41. The van der Waals surface area contributed by atoms with Crippen LogP contribution in [-0.2, 0) is 23.9 Å². The molecule has 0 aromatic heterocycles. The van der Waals surface area contributed by atoms with Gasteiger partial charge in [0.1, 0.15) is 6.04 Å². The number of hydrogen-bond acceptors (Lipinski definition) is 9. The molecule has 0 radical (unpaired) electrons. The van der Waals surface area contributed by atoms with Crippen LogP contribution in [0.2, 0.25) is 0 Å². The number of carboxylic acids is 2. The van der Waals surface area contributed by atoms with Gasteiger partial charge in [0, 0.05) is 19.5 Å². The summed E-state index contributed by atoms with van der Waals surface area (Å²) in [5, 5.41) is 23.0. The average molecular weight is 517 g/mol. The van der Waals surface area contributed by atoms with Gasteiger partial charge in [-0.3, -0.25) is 25.2 Å². The summed E-state index contributed by atoms with van der Waals surface area (Å²) in [6.07, 6.45) is -5.36. The first-order valence-corrected chi connectivity index (χ1v) is 10.2. The molecule has 17 heteroatoms. The molecular weight excluding hydrogens is 487 g/mol. The smallest absolute Gasteiger partial charge is 0.480 e. The summed E-state index contributed by atoms with van der Waals surface area (Å²) >= 11 is 0. The van der Waals surface area contributed by atoms with E-state index in [0.29, 0.717) is 19.4 Å². The molecule has 1 atom stereocenters. The van der Waals surface area contributed by atoms with Gasteiger partial charge in [0.2, 0.25) is 11.9 Å². The van der Waals surface area contributed by atoms with E-state index >= 15 is 0 Å². The Kier molecular flexibility index (Phi) is 18.0. The second-order valence-electron chi connectivity index (χ2n) is 6.26. The fourth-order valence-corrected chi connectivity index (χ4v) is 1.79. The molecule has 1 unspecified atom stereocenters. The first kappa shape index (κ1) is 33.5. The summed E-state index contributed by atoms with van der Waals surface area (Å²) in [4.78, 5) is 58.0. The molecule has 35 heavy (non-hydrogen) atoms. The molecule has 0 saturated heterocycles. The van der Waals surface area contributed by atoms with Crippen molar-refractivity contribution in [2.45, 2.75) is 51.7 Å². The Morgan fingerprint density at radius 3 is 1.86 bits per heavy atom. The largest absolute Gasteiger partial charge is 0.490 e. The van der Waals surface area contributed by atoms with E-state index in [1.807, 2.05) is 0 Å². The van der Waals surface area contributed by atoms with Gasteiger partial charge < -0.3 is 30.7 Å². The number of carbonyl (C=O) groups excluding carboxylic acids is 3. The van der Waals surface area contributed by atoms with Gasteiger partial charge in [0.15, 0.2) is 0 Å². The second-order valence-corrected chi connectivity index (χ2v) is 6.26. The Morgan fingerprint density at radius 2 is 1.46 bits per heavy atom. The van der Waals surface area contributed by atoms with Crippen LogP contribution in [0, 0.1) is 0 Å². The maximum atomic E-state index is 11.6. The molecule has 0 aliphatic rings. The lowest BCUT2D eigenvalue weighted by molar-refractivity contribution is -0.192. The Hall–Kier alpha value is -3.63. The normalized spacial score (nSPS) is 11.0. The van der Waals surface area contributed by atoms with Crippen LogP contribution in [0.5, 0.6) is 0 Å². The molecule has 0 saturated carbocycles. The maximum Gasteiger partial charge on any atom is 0.490 e. The minimum Gasteiger partial charge on any atom is -0.480 e. The molecule has 7 N–H and O–H groups in total. The van der Waals surface area contributed by atoms with Crippen molar-refractivity contribution in [1.29, 1.82) is 0 Å². The Bertz CT molecular complexity index is 711. The number of ether oxygens (including phenoxy) is 2. The minimum absolute atomic E-state index is 0.0304. The summed E-state index contributed by atoms with van der Waals surface area (Å²) in [7, 11) is 0. The van der Waals surface area contributed by atoms with Crippen LogP contribution in [0.3, 0.4) is 0 Å². The van der Waals surface area contributed by atoms with Crippen molar-refractivity contribution in [3.05, 3.63) is 0 Å². The van der Waals surface area contributed by atoms with E-state index in [1.54, 1.807) is 13.8 Å². The lowest BCUT2D eigenvalue weighted by atomic mass is 10.1. The number of aliphatic imine (C=N–C) groups is 1. The molecule has 3 amide bonds. The first-order chi connectivity index (χ1) is 16.2. The van der Waals surface area contributed by atoms with Crippen LogP contribution < -0.4 is 21.7 Å². The number of halogens is 3. The number of rotatable bonds is 11. The molecule has 0 aromatic carbocycles. The molecular formula is C18H30F3N5O9. The second kappa shape index (κ2) is 18.8. The van der Waals surface area contributed by atoms with Crippen molar-refractivity contribution in [3.63, 3.8) is 0 Å². The summed E-state index contributed by atoms with van der Waals surface area (Å²) in [5.41, 5.74) is 5.32. The molecule has 0 aliphatic heterocycles. The average Bonchev–Trinajstić information content (AvgIpc) is 2.74. The third kappa shape index (κ3) is 20.7. The zero-order valence-electron chi connectivity index (χ0n) is 19.1. The number of nitrogens with zero attached hydrogens (tertiary/aromatic N) is 1.